The smallest absolute Gasteiger partial charge is 0.237 e. The molecule has 4 aliphatic carbocycles. The Balaban J connectivity index is 1.07. The average molecular weight is 438 g/mol. The molecule has 174 valence electrons. The molecule has 1 aromatic rings. The molecule has 6 heteroatoms. The second-order valence-corrected chi connectivity index (χ2v) is 11.6. The van der Waals surface area contributed by atoms with Crippen LogP contribution in [0.4, 0.5) is 5.82 Å². The fourth-order valence-electron chi connectivity index (χ4n) is 7.82. The number of hydrogen-bond acceptors (Lipinski definition) is 5. The lowest BCUT2D eigenvalue weighted by molar-refractivity contribution is -0.133. The molecule has 6 aliphatic rings. The number of carbonyl (C=O) groups excluding carboxylic acids is 1. The van der Waals surface area contributed by atoms with Gasteiger partial charge >= 0.3 is 0 Å². The number of aromatic nitrogens is 2. The summed E-state index contributed by atoms with van der Waals surface area (Å²) in [6.45, 7) is 7.47. The highest BCUT2D eigenvalue weighted by molar-refractivity contribution is 5.78. The van der Waals surface area contributed by atoms with Gasteiger partial charge in [-0.1, -0.05) is 6.92 Å². The van der Waals surface area contributed by atoms with Crippen LogP contribution in [0.3, 0.4) is 0 Å². The molecule has 1 saturated heterocycles. The van der Waals surface area contributed by atoms with E-state index in [0.717, 1.165) is 79.6 Å². The number of piperidine rings is 1. The third-order valence-electron chi connectivity index (χ3n) is 9.52. The van der Waals surface area contributed by atoms with E-state index in [-0.39, 0.29) is 5.91 Å². The molecular weight excluding hydrogens is 398 g/mol. The molecule has 0 spiro atoms. The quantitative estimate of drug-likeness (QED) is 0.763. The fraction of sp³-hybridized carbons (Fsp3) is 0.808. The molecule has 6 nitrogen and oxygen atoms in total. The van der Waals surface area contributed by atoms with E-state index >= 15 is 0 Å². The van der Waals surface area contributed by atoms with Crippen molar-refractivity contribution in [2.75, 3.05) is 38.0 Å². The maximum atomic E-state index is 12.9. The molecule has 7 rings (SSSR count). The van der Waals surface area contributed by atoms with Crippen LogP contribution in [-0.4, -0.2) is 58.4 Å². The van der Waals surface area contributed by atoms with E-state index in [1.54, 1.807) is 6.33 Å². The molecule has 0 radical (unpaired) electrons. The summed E-state index contributed by atoms with van der Waals surface area (Å²) in [4.78, 5) is 26.5. The Morgan fingerprint density at radius 2 is 1.75 bits per heavy atom. The lowest BCUT2D eigenvalue weighted by Crippen LogP contribution is -2.47. The average Bonchev–Trinajstić information content (AvgIpc) is 2.79. The lowest BCUT2D eigenvalue weighted by Gasteiger charge is -2.54. The van der Waals surface area contributed by atoms with E-state index in [0.29, 0.717) is 13.1 Å². The molecule has 3 heterocycles. The Labute approximate surface area is 192 Å². The van der Waals surface area contributed by atoms with Crippen molar-refractivity contribution in [2.45, 2.75) is 64.8 Å². The van der Waals surface area contributed by atoms with Gasteiger partial charge in [-0.2, -0.15) is 0 Å². The summed E-state index contributed by atoms with van der Waals surface area (Å²) in [6, 6.07) is 0. The number of nitrogens with one attached hydrogen (secondary N) is 1. The molecule has 1 aromatic heterocycles. The summed E-state index contributed by atoms with van der Waals surface area (Å²) < 4.78 is 0. The van der Waals surface area contributed by atoms with Crippen molar-refractivity contribution >= 4 is 11.7 Å². The zero-order valence-electron chi connectivity index (χ0n) is 19.6. The molecule has 0 atom stereocenters. The number of likely N-dealkylation sites (tertiary alicyclic amines) is 1. The summed E-state index contributed by atoms with van der Waals surface area (Å²) in [5.41, 5.74) is 2.28. The second-order valence-electron chi connectivity index (χ2n) is 11.6. The Morgan fingerprint density at radius 1 is 1.03 bits per heavy atom. The van der Waals surface area contributed by atoms with E-state index in [1.807, 2.05) is 4.90 Å². The lowest BCUT2D eigenvalue weighted by atomic mass is 9.52. The monoisotopic (exact) mass is 437 g/mol. The van der Waals surface area contributed by atoms with Crippen molar-refractivity contribution in [3.05, 3.63) is 17.6 Å². The van der Waals surface area contributed by atoms with Gasteiger partial charge in [0.2, 0.25) is 5.91 Å². The van der Waals surface area contributed by atoms with Crippen LogP contribution in [0.25, 0.3) is 0 Å². The van der Waals surface area contributed by atoms with Crippen LogP contribution in [-0.2, 0) is 17.8 Å². The number of hydrogen-bond donors (Lipinski definition) is 1. The SMILES string of the molecule is CC1CCN(CC(=O)N2CCc3c(ncnc3NCC3C4CC5CC(C4)CC3C5)C2)CC1. The third-order valence-corrected chi connectivity index (χ3v) is 9.52. The minimum absolute atomic E-state index is 0.256. The summed E-state index contributed by atoms with van der Waals surface area (Å²) in [7, 11) is 0. The third kappa shape index (κ3) is 4.04. The number of amides is 1. The van der Waals surface area contributed by atoms with Crippen molar-refractivity contribution in [1.82, 2.24) is 19.8 Å². The summed E-state index contributed by atoms with van der Waals surface area (Å²) in [6.07, 6.45) is 12.4. The number of rotatable bonds is 5. The van der Waals surface area contributed by atoms with Crippen molar-refractivity contribution in [3.63, 3.8) is 0 Å². The Hall–Kier alpha value is -1.69. The molecule has 0 unspecified atom stereocenters. The molecule has 4 bridgehead atoms. The number of nitrogens with zero attached hydrogens (tertiary/aromatic N) is 4. The van der Waals surface area contributed by atoms with Gasteiger partial charge in [-0.25, -0.2) is 9.97 Å². The second kappa shape index (κ2) is 8.58. The van der Waals surface area contributed by atoms with E-state index < -0.39 is 0 Å². The minimum Gasteiger partial charge on any atom is -0.369 e. The van der Waals surface area contributed by atoms with Crippen LogP contribution in [0.5, 0.6) is 0 Å². The summed E-state index contributed by atoms with van der Waals surface area (Å²) in [5, 5.41) is 3.75. The summed E-state index contributed by atoms with van der Waals surface area (Å²) >= 11 is 0. The molecule has 4 saturated carbocycles. The van der Waals surface area contributed by atoms with Gasteiger partial charge in [-0.15, -0.1) is 0 Å². The molecule has 5 fully saturated rings. The number of carbonyl (C=O) groups is 1. The molecular formula is C26H39N5O. The Kier molecular flexibility index (Phi) is 5.60. The molecule has 0 aromatic carbocycles. The molecule has 32 heavy (non-hydrogen) atoms. The fourth-order valence-corrected chi connectivity index (χ4v) is 7.82. The Morgan fingerprint density at radius 3 is 2.47 bits per heavy atom. The van der Waals surface area contributed by atoms with Gasteiger partial charge in [-0.3, -0.25) is 9.69 Å². The van der Waals surface area contributed by atoms with E-state index in [1.165, 1.54) is 50.5 Å². The van der Waals surface area contributed by atoms with Crippen LogP contribution >= 0.6 is 0 Å². The van der Waals surface area contributed by atoms with Gasteiger partial charge in [0.05, 0.1) is 18.8 Å². The van der Waals surface area contributed by atoms with Crippen molar-refractivity contribution in [3.8, 4) is 0 Å². The number of anilines is 1. The normalized spacial score (nSPS) is 34.5. The van der Waals surface area contributed by atoms with Crippen LogP contribution in [0.2, 0.25) is 0 Å². The van der Waals surface area contributed by atoms with Crippen LogP contribution in [0.15, 0.2) is 6.33 Å². The first-order valence-corrected chi connectivity index (χ1v) is 13.2. The highest BCUT2D eigenvalue weighted by atomic mass is 16.2. The van der Waals surface area contributed by atoms with Crippen molar-refractivity contribution < 1.29 is 4.79 Å². The van der Waals surface area contributed by atoms with Crippen LogP contribution in [0.1, 0.15) is 63.1 Å². The standard InChI is InChI=1S/C26H39N5O/c1-17-2-5-30(6-3-17)15-25(32)31-7-4-22-24(14-31)28-16-29-26(22)27-13-23-20-9-18-8-19(11-20)12-21(23)10-18/h16-21,23H,2-15H2,1H3,(H,27,28,29). The highest BCUT2D eigenvalue weighted by Gasteiger charge is 2.47. The van der Waals surface area contributed by atoms with E-state index in [9.17, 15) is 4.79 Å². The Bertz CT molecular complexity index is 821. The largest absolute Gasteiger partial charge is 0.369 e. The predicted octanol–water partition coefficient (Wildman–Crippen LogP) is 3.58. The van der Waals surface area contributed by atoms with Gasteiger partial charge in [0.25, 0.3) is 0 Å². The van der Waals surface area contributed by atoms with Gasteiger partial charge in [0.15, 0.2) is 0 Å². The molecule has 2 aliphatic heterocycles. The zero-order chi connectivity index (χ0) is 21.7. The van der Waals surface area contributed by atoms with Crippen LogP contribution < -0.4 is 5.32 Å². The number of fused-ring (bicyclic) bond motifs is 1. The van der Waals surface area contributed by atoms with Gasteiger partial charge in [0.1, 0.15) is 12.1 Å². The topological polar surface area (TPSA) is 61.4 Å². The van der Waals surface area contributed by atoms with Gasteiger partial charge < -0.3 is 10.2 Å². The first-order chi connectivity index (χ1) is 15.6. The first kappa shape index (κ1) is 20.9. The maximum absolute atomic E-state index is 12.9. The molecule has 1 amide bonds. The van der Waals surface area contributed by atoms with Crippen molar-refractivity contribution in [1.29, 1.82) is 0 Å². The molecule has 1 N–H and O–H groups in total. The van der Waals surface area contributed by atoms with Gasteiger partial charge in [0, 0.05) is 18.7 Å². The van der Waals surface area contributed by atoms with Crippen LogP contribution in [0, 0.1) is 35.5 Å². The van der Waals surface area contributed by atoms with Gasteiger partial charge in [-0.05, 0) is 100.0 Å². The minimum atomic E-state index is 0.256. The zero-order valence-corrected chi connectivity index (χ0v) is 19.6. The highest BCUT2D eigenvalue weighted by Crippen LogP contribution is 2.56. The summed E-state index contributed by atoms with van der Waals surface area (Å²) in [5.74, 6) is 6.82. The van der Waals surface area contributed by atoms with E-state index in [2.05, 4.69) is 27.1 Å². The van der Waals surface area contributed by atoms with E-state index in [4.69, 9.17) is 0 Å². The maximum Gasteiger partial charge on any atom is 0.237 e. The first-order valence-electron chi connectivity index (χ1n) is 13.2. The van der Waals surface area contributed by atoms with Crippen molar-refractivity contribution in [2.24, 2.45) is 35.5 Å². The predicted molar refractivity (Wildman–Crippen MR) is 125 cm³/mol.